The molecule has 5 heteroatoms. The molecule has 1 unspecified atom stereocenters. The van der Waals surface area contributed by atoms with Gasteiger partial charge in [0.2, 0.25) is 5.91 Å². The molecule has 17 heavy (non-hydrogen) atoms. The first kappa shape index (κ1) is 13.7. The first-order valence-corrected chi connectivity index (χ1v) is 6.03. The van der Waals surface area contributed by atoms with Crippen molar-refractivity contribution in [2.45, 2.75) is 32.2 Å². The SMILES string of the molecule is CC(NC/C=C/C(=O)O)C(=O)N1CCCCC1. The largest absolute Gasteiger partial charge is 0.478 e. The molecular weight excluding hydrogens is 220 g/mol. The van der Waals surface area contributed by atoms with Crippen LogP contribution in [0, 0.1) is 0 Å². The van der Waals surface area contributed by atoms with Gasteiger partial charge in [-0.3, -0.25) is 4.79 Å². The Morgan fingerprint density at radius 2 is 2.00 bits per heavy atom. The minimum absolute atomic E-state index is 0.105. The van der Waals surface area contributed by atoms with E-state index in [1.165, 1.54) is 12.5 Å². The molecule has 1 amide bonds. The predicted molar refractivity (Wildman–Crippen MR) is 64.7 cm³/mol. The van der Waals surface area contributed by atoms with Gasteiger partial charge in [-0.1, -0.05) is 6.08 Å². The van der Waals surface area contributed by atoms with Crippen LogP contribution in [0.15, 0.2) is 12.2 Å². The summed E-state index contributed by atoms with van der Waals surface area (Å²) < 4.78 is 0. The van der Waals surface area contributed by atoms with E-state index in [1.807, 2.05) is 11.8 Å². The average molecular weight is 240 g/mol. The average Bonchev–Trinajstić information content (AvgIpc) is 2.34. The number of hydrogen-bond acceptors (Lipinski definition) is 3. The van der Waals surface area contributed by atoms with E-state index < -0.39 is 5.97 Å². The van der Waals surface area contributed by atoms with E-state index in [0.717, 1.165) is 32.0 Å². The lowest BCUT2D eigenvalue weighted by molar-refractivity contribution is -0.134. The summed E-state index contributed by atoms with van der Waals surface area (Å²) in [5, 5.41) is 11.4. The van der Waals surface area contributed by atoms with Crippen LogP contribution >= 0.6 is 0 Å². The van der Waals surface area contributed by atoms with Gasteiger partial charge in [0.15, 0.2) is 0 Å². The molecule has 0 aromatic rings. The van der Waals surface area contributed by atoms with Gasteiger partial charge >= 0.3 is 5.97 Å². The third-order valence-electron chi connectivity index (χ3n) is 2.84. The van der Waals surface area contributed by atoms with Crippen LogP contribution in [-0.4, -0.2) is 47.6 Å². The van der Waals surface area contributed by atoms with E-state index >= 15 is 0 Å². The molecule has 2 N–H and O–H groups in total. The summed E-state index contributed by atoms with van der Waals surface area (Å²) in [6.07, 6.45) is 5.94. The topological polar surface area (TPSA) is 69.6 Å². The zero-order valence-electron chi connectivity index (χ0n) is 10.2. The maximum absolute atomic E-state index is 11.9. The smallest absolute Gasteiger partial charge is 0.328 e. The van der Waals surface area contributed by atoms with Crippen molar-refractivity contribution in [3.63, 3.8) is 0 Å². The second-order valence-electron chi connectivity index (χ2n) is 4.26. The van der Waals surface area contributed by atoms with Crippen molar-refractivity contribution in [2.24, 2.45) is 0 Å². The molecule has 0 saturated carbocycles. The van der Waals surface area contributed by atoms with Crippen LogP contribution in [0.2, 0.25) is 0 Å². The molecule has 0 spiro atoms. The molecule has 0 aromatic heterocycles. The second kappa shape index (κ2) is 7.06. The van der Waals surface area contributed by atoms with Crippen molar-refractivity contribution < 1.29 is 14.7 Å². The lowest BCUT2D eigenvalue weighted by Crippen LogP contribution is -2.46. The lowest BCUT2D eigenvalue weighted by atomic mass is 10.1. The maximum Gasteiger partial charge on any atom is 0.328 e. The van der Waals surface area contributed by atoms with Crippen LogP contribution in [-0.2, 0) is 9.59 Å². The molecule has 1 rings (SSSR count). The minimum atomic E-state index is -0.971. The van der Waals surface area contributed by atoms with E-state index in [-0.39, 0.29) is 11.9 Å². The summed E-state index contributed by atoms with van der Waals surface area (Å²) in [5.41, 5.74) is 0. The molecule has 5 nitrogen and oxygen atoms in total. The number of carbonyl (C=O) groups is 2. The molecule has 1 saturated heterocycles. The summed E-state index contributed by atoms with van der Waals surface area (Å²) in [6, 6.07) is -0.258. The number of hydrogen-bond donors (Lipinski definition) is 2. The van der Waals surface area contributed by atoms with Gasteiger partial charge in [0, 0.05) is 25.7 Å². The Hall–Kier alpha value is -1.36. The number of aliphatic carboxylic acids is 1. The number of carboxylic acids is 1. The van der Waals surface area contributed by atoms with Crippen LogP contribution < -0.4 is 5.32 Å². The van der Waals surface area contributed by atoms with Gasteiger partial charge in [-0.15, -0.1) is 0 Å². The van der Waals surface area contributed by atoms with Crippen LogP contribution in [0.5, 0.6) is 0 Å². The Kier molecular flexibility index (Phi) is 5.69. The summed E-state index contributed by atoms with van der Waals surface area (Å²) in [6.45, 7) is 3.89. The molecule has 1 aliphatic rings. The Balaban J connectivity index is 2.28. The highest BCUT2D eigenvalue weighted by atomic mass is 16.4. The fraction of sp³-hybridized carbons (Fsp3) is 0.667. The number of carbonyl (C=O) groups excluding carboxylic acids is 1. The monoisotopic (exact) mass is 240 g/mol. The first-order chi connectivity index (χ1) is 8.11. The summed E-state index contributed by atoms with van der Waals surface area (Å²) >= 11 is 0. The molecule has 1 atom stereocenters. The first-order valence-electron chi connectivity index (χ1n) is 6.03. The third kappa shape index (κ3) is 4.99. The minimum Gasteiger partial charge on any atom is -0.478 e. The van der Waals surface area contributed by atoms with Crippen molar-refractivity contribution >= 4 is 11.9 Å². The summed E-state index contributed by atoms with van der Waals surface area (Å²) in [7, 11) is 0. The standard InChI is InChI=1S/C12H20N2O3/c1-10(13-7-5-6-11(15)16)12(17)14-8-3-2-4-9-14/h5-6,10,13H,2-4,7-9H2,1H3,(H,15,16)/b6-5+. The van der Waals surface area contributed by atoms with Gasteiger partial charge in [0.05, 0.1) is 6.04 Å². The number of likely N-dealkylation sites (tertiary alicyclic amines) is 1. The van der Waals surface area contributed by atoms with E-state index in [4.69, 9.17) is 5.11 Å². The highest BCUT2D eigenvalue weighted by molar-refractivity contribution is 5.81. The third-order valence-corrected chi connectivity index (χ3v) is 2.84. The molecule has 96 valence electrons. The molecule has 1 aliphatic heterocycles. The summed E-state index contributed by atoms with van der Waals surface area (Å²) in [5.74, 6) is -0.866. The molecule has 0 aromatic carbocycles. The van der Waals surface area contributed by atoms with Crippen molar-refractivity contribution in [2.75, 3.05) is 19.6 Å². The predicted octanol–water partition coefficient (Wildman–Crippen LogP) is 0.618. The number of amides is 1. The molecule has 1 fully saturated rings. The van der Waals surface area contributed by atoms with Gasteiger partial charge in [0.1, 0.15) is 0 Å². The number of nitrogens with zero attached hydrogens (tertiary/aromatic N) is 1. The van der Waals surface area contributed by atoms with E-state index in [2.05, 4.69) is 5.32 Å². The molecule has 0 aliphatic carbocycles. The van der Waals surface area contributed by atoms with Crippen molar-refractivity contribution in [3.05, 3.63) is 12.2 Å². The fourth-order valence-electron chi connectivity index (χ4n) is 1.88. The van der Waals surface area contributed by atoms with Gasteiger partial charge in [0.25, 0.3) is 0 Å². The molecular formula is C12H20N2O3. The van der Waals surface area contributed by atoms with Crippen LogP contribution in [0.4, 0.5) is 0 Å². The second-order valence-corrected chi connectivity index (χ2v) is 4.26. The Bertz CT molecular complexity index is 296. The van der Waals surface area contributed by atoms with Gasteiger partial charge in [-0.25, -0.2) is 4.79 Å². The van der Waals surface area contributed by atoms with Gasteiger partial charge in [-0.2, -0.15) is 0 Å². The Labute approximate surface area is 101 Å². The number of rotatable bonds is 5. The van der Waals surface area contributed by atoms with Crippen LogP contribution in [0.3, 0.4) is 0 Å². The Morgan fingerprint density at radius 3 is 2.59 bits per heavy atom. The van der Waals surface area contributed by atoms with Crippen LogP contribution in [0.1, 0.15) is 26.2 Å². The number of nitrogens with one attached hydrogen (secondary N) is 1. The zero-order valence-corrected chi connectivity index (χ0v) is 10.2. The van der Waals surface area contributed by atoms with E-state index in [9.17, 15) is 9.59 Å². The number of piperidine rings is 1. The highest BCUT2D eigenvalue weighted by Gasteiger charge is 2.20. The van der Waals surface area contributed by atoms with Crippen molar-refractivity contribution in [1.82, 2.24) is 10.2 Å². The molecule has 0 radical (unpaired) electrons. The molecule has 1 heterocycles. The normalized spacial score (nSPS) is 18.3. The lowest BCUT2D eigenvalue weighted by Gasteiger charge is -2.29. The fourth-order valence-corrected chi connectivity index (χ4v) is 1.88. The van der Waals surface area contributed by atoms with Crippen molar-refractivity contribution in [1.29, 1.82) is 0 Å². The van der Waals surface area contributed by atoms with E-state index in [0.29, 0.717) is 6.54 Å². The summed E-state index contributed by atoms with van der Waals surface area (Å²) in [4.78, 5) is 24.1. The maximum atomic E-state index is 11.9. The number of carboxylic acid groups (broad SMARTS) is 1. The Morgan fingerprint density at radius 1 is 1.35 bits per heavy atom. The molecule has 0 bridgehead atoms. The zero-order chi connectivity index (χ0) is 12.7. The van der Waals surface area contributed by atoms with E-state index in [1.54, 1.807) is 0 Å². The highest BCUT2D eigenvalue weighted by Crippen LogP contribution is 2.09. The van der Waals surface area contributed by atoms with Gasteiger partial charge in [-0.05, 0) is 26.2 Å². The quantitative estimate of drug-likeness (QED) is 0.691. The van der Waals surface area contributed by atoms with Crippen LogP contribution in [0.25, 0.3) is 0 Å². The van der Waals surface area contributed by atoms with Crippen molar-refractivity contribution in [3.8, 4) is 0 Å². The van der Waals surface area contributed by atoms with Gasteiger partial charge < -0.3 is 15.3 Å².